The van der Waals surface area contributed by atoms with Crippen molar-refractivity contribution in [2.45, 2.75) is 39.2 Å². The van der Waals surface area contributed by atoms with E-state index in [4.69, 9.17) is 0 Å². The Labute approximate surface area is 105 Å². The molecule has 0 spiro atoms. The van der Waals surface area contributed by atoms with Crippen LogP contribution in [0.15, 0.2) is 0 Å². The maximum absolute atomic E-state index is 11.5. The molecule has 0 saturated carbocycles. The number of nitrogens with zero attached hydrogens (tertiary/aromatic N) is 1. The average molecular weight is 241 g/mol. The molecule has 2 N–H and O–H groups in total. The lowest BCUT2D eigenvalue weighted by molar-refractivity contribution is -0.120. The van der Waals surface area contributed by atoms with Crippen molar-refractivity contribution in [1.82, 2.24) is 15.5 Å². The third-order valence-corrected chi connectivity index (χ3v) is 3.63. The minimum Gasteiger partial charge on any atom is -0.355 e. The molecule has 0 bridgehead atoms. The van der Waals surface area contributed by atoms with E-state index in [0.717, 1.165) is 13.0 Å². The first-order valence-corrected chi connectivity index (χ1v) is 6.82. The number of hydrogen-bond acceptors (Lipinski definition) is 3. The highest BCUT2D eigenvalue weighted by Crippen LogP contribution is 2.19. The van der Waals surface area contributed by atoms with Crippen LogP contribution in [0.4, 0.5) is 0 Å². The molecule has 17 heavy (non-hydrogen) atoms. The quantitative estimate of drug-likeness (QED) is 0.724. The zero-order valence-electron chi connectivity index (χ0n) is 11.5. The summed E-state index contributed by atoms with van der Waals surface area (Å²) in [4.78, 5) is 13.8. The second-order valence-electron chi connectivity index (χ2n) is 5.16. The number of carbonyl (C=O) groups excluding carboxylic acids is 1. The van der Waals surface area contributed by atoms with Gasteiger partial charge in [0.15, 0.2) is 0 Å². The van der Waals surface area contributed by atoms with Crippen molar-refractivity contribution in [3.8, 4) is 0 Å². The molecule has 4 heteroatoms. The van der Waals surface area contributed by atoms with Gasteiger partial charge in [-0.15, -0.1) is 0 Å². The zero-order valence-corrected chi connectivity index (χ0v) is 11.5. The van der Waals surface area contributed by atoms with Crippen molar-refractivity contribution >= 4 is 5.91 Å². The van der Waals surface area contributed by atoms with Crippen molar-refractivity contribution in [2.24, 2.45) is 5.92 Å². The van der Waals surface area contributed by atoms with Crippen molar-refractivity contribution in [2.75, 3.05) is 33.2 Å². The number of hydrogen-bond donors (Lipinski definition) is 2. The lowest BCUT2D eigenvalue weighted by Gasteiger charge is -2.33. The fraction of sp³-hybridized carbons (Fsp3) is 0.923. The Kier molecular flexibility index (Phi) is 6.52. The van der Waals surface area contributed by atoms with E-state index in [1.165, 1.54) is 25.9 Å². The van der Waals surface area contributed by atoms with Gasteiger partial charge in [0.2, 0.25) is 5.91 Å². The standard InChI is InChI=1S/C13H27N3O/c1-4-7-14-13(17)10-15-11(2)12-5-8-16(3)9-6-12/h11-12,15H,4-10H2,1-3H3,(H,14,17). The molecule has 0 radical (unpaired) electrons. The first-order valence-electron chi connectivity index (χ1n) is 6.82. The number of carbonyl (C=O) groups is 1. The van der Waals surface area contributed by atoms with Gasteiger partial charge >= 0.3 is 0 Å². The van der Waals surface area contributed by atoms with Crippen LogP contribution in [-0.4, -0.2) is 50.1 Å². The molecular weight excluding hydrogens is 214 g/mol. The maximum atomic E-state index is 11.5. The predicted molar refractivity (Wildman–Crippen MR) is 71.0 cm³/mol. The van der Waals surface area contributed by atoms with Gasteiger partial charge in [-0.05, 0) is 52.2 Å². The van der Waals surface area contributed by atoms with Gasteiger partial charge in [-0.1, -0.05) is 6.92 Å². The molecule has 4 nitrogen and oxygen atoms in total. The van der Waals surface area contributed by atoms with E-state index in [0.29, 0.717) is 18.5 Å². The smallest absolute Gasteiger partial charge is 0.233 e. The summed E-state index contributed by atoms with van der Waals surface area (Å²) in [6.45, 7) is 7.85. The van der Waals surface area contributed by atoms with Gasteiger partial charge in [-0.25, -0.2) is 0 Å². The van der Waals surface area contributed by atoms with E-state index in [-0.39, 0.29) is 5.91 Å². The summed E-state index contributed by atoms with van der Waals surface area (Å²) in [5.41, 5.74) is 0. The Hall–Kier alpha value is -0.610. The van der Waals surface area contributed by atoms with Gasteiger partial charge in [0.25, 0.3) is 0 Å². The number of likely N-dealkylation sites (tertiary alicyclic amines) is 1. The second-order valence-corrected chi connectivity index (χ2v) is 5.16. The van der Waals surface area contributed by atoms with Gasteiger partial charge in [0.05, 0.1) is 6.54 Å². The third kappa shape index (κ3) is 5.50. The molecule has 1 amide bonds. The Morgan fingerprint density at radius 1 is 1.41 bits per heavy atom. The van der Waals surface area contributed by atoms with E-state index in [9.17, 15) is 4.79 Å². The van der Waals surface area contributed by atoms with Crippen LogP contribution in [0.5, 0.6) is 0 Å². The topological polar surface area (TPSA) is 44.4 Å². The highest BCUT2D eigenvalue weighted by Gasteiger charge is 2.22. The Morgan fingerprint density at radius 2 is 2.06 bits per heavy atom. The largest absolute Gasteiger partial charge is 0.355 e. The summed E-state index contributed by atoms with van der Waals surface area (Å²) < 4.78 is 0. The number of piperidine rings is 1. The van der Waals surface area contributed by atoms with Gasteiger partial charge < -0.3 is 15.5 Å². The lowest BCUT2D eigenvalue weighted by atomic mass is 9.90. The first-order chi connectivity index (χ1) is 8.13. The molecule has 0 aromatic carbocycles. The molecule has 1 fully saturated rings. The second kappa shape index (κ2) is 7.67. The van der Waals surface area contributed by atoms with E-state index < -0.39 is 0 Å². The minimum atomic E-state index is 0.117. The third-order valence-electron chi connectivity index (χ3n) is 3.63. The molecule has 1 aliphatic heterocycles. The van der Waals surface area contributed by atoms with Gasteiger partial charge in [0.1, 0.15) is 0 Å². The van der Waals surface area contributed by atoms with E-state index in [2.05, 4.69) is 36.4 Å². The van der Waals surface area contributed by atoms with Crippen LogP contribution in [0.25, 0.3) is 0 Å². The van der Waals surface area contributed by atoms with Crippen LogP contribution >= 0.6 is 0 Å². The summed E-state index contributed by atoms with van der Waals surface area (Å²) >= 11 is 0. The normalized spacial score (nSPS) is 20.2. The molecule has 100 valence electrons. The van der Waals surface area contributed by atoms with Crippen molar-refractivity contribution in [1.29, 1.82) is 0 Å². The summed E-state index contributed by atoms with van der Waals surface area (Å²) in [5, 5.41) is 6.23. The molecule has 1 saturated heterocycles. The highest BCUT2D eigenvalue weighted by atomic mass is 16.1. The molecule has 1 aliphatic rings. The van der Waals surface area contributed by atoms with Crippen molar-refractivity contribution in [3.05, 3.63) is 0 Å². The minimum absolute atomic E-state index is 0.117. The Morgan fingerprint density at radius 3 is 2.65 bits per heavy atom. The van der Waals surface area contributed by atoms with E-state index in [1.807, 2.05) is 0 Å². The molecular formula is C13H27N3O. The van der Waals surface area contributed by atoms with Crippen LogP contribution in [0.3, 0.4) is 0 Å². The van der Waals surface area contributed by atoms with Gasteiger partial charge in [0, 0.05) is 12.6 Å². The lowest BCUT2D eigenvalue weighted by Crippen LogP contribution is -2.44. The highest BCUT2D eigenvalue weighted by molar-refractivity contribution is 5.77. The fourth-order valence-electron chi connectivity index (χ4n) is 2.28. The summed E-state index contributed by atoms with van der Waals surface area (Å²) in [6.07, 6.45) is 3.47. The monoisotopic (exact) mass is 241 g/mol. The van der Waals surface area contributed by atoms with E-state index in [1.54, 1.807) is 0 Å². The van der Waals surface area contributed by atoms with Crippen LogP contribution in [0, 0.1) is 5.92 Å². The molecule has 0 aromatic rings. The number of amides is 1. The zero-order chi connectivity index (χ0) is 12.7. The Bertz CT molecular complexity index is 225. The molecule has 1 rings (SSSR count). The van der Waals surface area contributed by atoms with Crippen LogP contribution < -0.4 is 10.6 Å². The average Bonchev–Trinajstić information content (AvgIpc) is 2.34. The molecule has 1 heterocycles. The Balaban J connectivity index is 2.16. The van der Waals surface area contributed by atoms with Gasteiger partial charge in [-0.2, -0.15) is 0 Å². The van der Waals surface area contributed by atoms with Crippen LogP contribution in [-0.2, 0) is 4.79 Å². The molecule has 1 unspecified atom stereocenters. The maximum Gasteiger partial charge on any atom is 0.233 e. The first kappa shape index (κ1) is 14.5. The number of nitrogens with one attached hydrogen (secondary N) is 2. The SMILES string of the molecule is CCCNC(=O)CNC(C)C1CCN(C)CC1. The number of rotatable bonds is 6. The van der Waals surface area contributed by atoms with Crippen molar-refractivity contribution < 1.29 is 4.79 Å². The molecule has 1 atom stereocenters. The predicted octanol–water partition coefficient (Wildman–Crippen LogP) is 0.833. The van der Waals surface area contributed by atoms with Gasteiger partial charge in [-0.3, -0.25) is 4.79 Å². The van der Waals surface area contributed by atoms with E-state index >= 15 is 0 Å². The summed E-state index contributed by atoms with van der Waals surface area (Å²) in [5.74, 6) is 0.830. The molecule has 0 aromatic heterocycles. The van der Waals surface area contributed by atoms with Crippen LogP contribution in [0.2, 0.25) is 0 Å². The van der Waals surface area contributed by atoms with Crippen LogP contribution in [0.1, 0.15) is 33.1 Å². The van der Waals surface area contributed by atoms with Crippen molar-refractivity contribution in [3.63, 3.8) is 0 Å². The summed E-state index contributed by atoms with van der Waals surface area (Å²) in [7, 11) is 2.17. The fourth-order valence-corrected chi connectivity index (χ4v) is 2.28. The summed E-state index contributed by atoms with van der Waals surface area (Å²) in [6, 6.07) is 0.441. The molecule has 0 aliphatic carbocycles.